The average Bonchev–Trinajstić information content (AvgIpc) is 2.88. The van der Waals surface area contributed by atoms with Gasteiger partial charge in [-0.15, -0.1) is 0 Å². The van der Waals surface area contributed by atoms with Crippen LogP contribution >= 0.6 is 11.6 Å². The molecule has 2 rings (SSSR count). The number of hydrogen-bond donors (Lipinski definition) is 1. The molecule has 0 radical (unpaired) electrons. The summed E-state index contributed by atoms with van der Waals surface area (Å²) in [6, 6.07) is 4.15. The first-order valence-electron chi connectivity index (χ1n) is 5.88. The highest BCUT2D eigenvalue weighted by Crippen LogP contribution is 2.26. The van der Waals surface area contributed by atoms with Crippen LogP contribution in [0.5, 0.6) is 5.75 Å². The molecular weight excluding hydrogens is 302 g/mol. The highest BCUT2D eigenvalue weighted by Gasteiger charge is 2.11. The monoisotopic (exact) mass is 315 g/mol. The van der Waals surface area contributed by atoms with Crippen molar-refractivity contribution in [3.8, 4) is 5.75 Å². The molecule has 20 heavy (non-hydrogen) atoms. The number of imidazole rings is 1. The van der Waals surface area contributed by atoms with Crippen LogP contribution in [0.3, 0.4) is 0 Å². The molecule has 8 heteroatoms. The van der Waals surface area contributed by atoms with Crippen molar-refractivity contribution in [2.75, 3.05) is 6.61 Å². The highest BCUT2D eigenvalue weighted by molar-refractivity contribution is 7.89. The molecule has 1 aromatic heterocycles. The van der Waals surface area contributed by atoms with Crippen molar-refractivity contribution in [3.05, 3.63) is 41.9 Å². The summed E-state index contributed by atoms with van der Waals surface area (Å²) >= 11 is 5.95. The van der Waals surface area contributed by atoms with Gasteiger partial charge in [-0.2, -0.15) is 0 Å². The Kier molecular flexibility index (Phi) is 4.64. The van der Waals surface area contributed by atoms with E-state index in [1.54, 1.807) is 12.5 Å². The van der Waals surface area contributed by atoms with Crippen molar-refractivity contribution in [2.45, 2.75) is 17.9 Å². The number of rotatable bonds is 6. The first kappa shape index (κ1) is 14.8. The molecule has 0 aliphatic rings. The second-order valence-corrected chi connectivity index (χ2v) is 6.11. The van der Waals surface area contributed by atoms with Crippen LogP contribution in [0.2, 0.25) is 5.02 Å². The topological polar surface area (TPSA) is 87.2 Å². The zero-order valence-corrected chi connectivity index (χ0v) is 12.1. The Morgan fingerprint density at radius 1 is 1.40 bits per heavy atom. The SMILES string of the molecule is NS(=O)(=O)c1ccc(OCCCn2ccnc2)c(Cl)c1. The summed E-state index contributed by atoms with van der Waals surface area (Å²) in [5, 5.41) is 5.24. The van der Waals surface area contributed by atoms with Crippen LogP contribution < -0.4 is 9.88 Å². The van der Waals surface area contributed by atoms with Gasteiger partial charge in [0.25, 0.3) is 0 Å². The third-order valence-corrected chi connectivity index (χ3v) is 3.82. The lowest BCUT2D eigenvalue weighted by atomic mass is 10.3. The normalized spacial score (nSPS) is 11.5. The van der Waals surface area contributed by atoms with Gasteiger partial charge in [-0.3, -0.25) is 0 Å². The maximum Gasteiger partial charge on any atom is 0.238 e. The van der Waals surface area contributed by atoms with Gasteiger partial charge in [0.1, 0.15) is 5.75 Å². The number of nitrogens with zero attached hydrogens (tertiary/aromatic N) is 2. The van der Waals surface area contributed by atoms with E-state index in [4.69, 9.17) is 21.5 Å². The summed E-state index contributed by atoms with van der Waals surface area (Å²) in [5.41, 5.74) is 0. The van der Waals surface area contributed by atoms with E-state index in [1.807, 2.05) is 10.8 Å². The number of primary sulfonamides is 1. The number of halogens is 1. The van der Waals surface area contributed by atoms with E-state index in [0.29, 0.717) is 12.4 Å². The minimum atomic E-state index is -3.75. The van der Waals surface area contributed by atoms with Crippen molar-refractivity contribution in [3.63, 3.8) is 0 Å². The lowest BCUT2D eigenvalue weighted by molar-refractivity contribution is 0.301. The molecule has 1 aromatic carbocycles. The zero-order chi connectivity index (χ0) is 14.6. The third kappa shape index (κ3) is 3.96. The lowest BCUT2D eigenvalue weighted by Crippen LogP contribution is -2.12. The van der Waals surface area contributed by atoms with Crippen molar-refractivity contribution in [1.82, 2.24) is 9.55 Å². The number of ether oxygens (including phenoxy) is 1. The van der Waals surface area contributed by atoms with E-state index in [1.165, 1.54) is 18.2 Å². The summed E-state index contributed by atoms with van der Waals surface area (Å²) in [5.74, 6) is 0.435. The number of aryl methyl sites for hydroxylation is 1. The molecule has 0 saturated carbocycles. The van der Waals surface area contributed by atoms with Gasteiger partial charge in [-0.1, -0.05) is 11.6 Å². The minimum absolute atomic E-state index is 0.0340. The van der Waals surface area contributed by atoms with Gasteiger partial charge in [-0.25, -0.2) is 18.5 Å². The molecule has 2 aromatic rings. The van der Waals surface area contributed by atoms with Crippen molar-refractivity contribution in [1.29, 1.82) is 0 Å². The van der Waals surface area contributed by atoms with Crippen LogP contribution in [0.1, 0.15) is 6.42 Å². The van der Waals surface area contributed by atoms with E-state index in [9.17, 15) is 8.42 Å². The van der Waals surface area contributed by atoms with Crippen LogP contribution in [0, 0.1) is 0 Å². The lowest BCUT2D eigenvalue weighted by Gasteiger charge is -2.09. The minimum Gasteiger partial charge on any atom is -0.492 e. The molecule has 0 spiro atoms. The van der Waals surface area contributed by atoms with Gasteiger partial charge in [0, 0.05) is 18.9 Å². The molecule has 108 valence electrons. The fourth-order valence-corrected chi connectivity index (χ4v) is 2.46. The quantitative estimate of drug-likeness (QED) is 0.821. The van der Waals surface area contributed by atoms with E-state index < -0.39 is 10.0 Å². The molecule has 0 fully saturated rings. The first-order chi connectivity index (χ1) is 9.47. The van der Waals surface area contributed by atoms with E-state index >= 15 is 0 Å². The maximum absolute atomic E-state index is 11.2. The fourth-order valence-electron chi connectivity index (χ4n) is 1.62. The van der Waals surface area contributed by atoms with E-state index in [0.717, 1.165) is 13.0 Å². The predicted molar refractivity (Wildman–Crippen MR) is 75.2 cm³/mol. The van der Waals surface area contributed by atoms with E-state index in [2.05, 4.69) is 4.98 Å². The molecule has 1 heterocycles. The third-order valence-electron chi connectivity index (χ3n) is 2.61. The molecule has 0 bridgehead atoms. The van der Waals surface area contributed by atoms with Crippen LogP contribution in [-0.4, -0.2) is 24.6 Å². The second kappa shape index (κ2) is 6.25. The Morgan fingerprint density at radius 3 is 2.80 bits per heavy atom. The van der Waals surface area contributed by atoms with Gasteiger partial charge in [-0.05, 0) is 24.6 Å². The molecule has 0 aliphatic carbocycles. The van der Waals surface area contributed by atoms with Crippen molar-refractivity contribution < 1.29 is 13.2 Å². The largest absolute Gasteiger partial charge is 0.492 e. The van der Waals surface area contributed by atoms with Crippen molar-refractivity contribution >= 4 is 21.6 Å². The molecule has 0 saturated heterocycles. The Bertz CT molecular complexity index is 671. The summed E-state index contributed by atoms with van der Waals surface area (Å²) in [6.45, 7) is 1.25. The molecular formula is C12H14ClN3O3S. The number of nitrogens with two attached hydrogens (primary N) is 1. The second-order valence-electron chi connectivity index (χ2n) is 4.14. The Labute approximate surface area is 122 Å². The summed E-state index contributed by atoms with van der Waals surface area (Å²) < 4.78 is 29.8. The van der Waals surface area contributed by atoms with E-state index in [-0.39, 0.29) is 9.92 Å². The summed E-state index contributed by atoms with van der Waals surface area (Å²) in [6.07, 6.45) is 6.09. The Hall–Kier alpha value is -1.57. The smallest absolute Gasteiger partial charge is 0.238 e. The maximum atomic E-state index is 11.2. The fraction of sp³-hybridized carbons (Fsp3) is 0.250. The standard InChI is InChI=1S/C12H14ClN3O3S/c13-11-8-10(20(14,17)18)2-3-12(11)19-7-1-5-16-6-4-15-9-16/h2-4,6,8-9H,1,5,7H2,(H2,14,17,18). The van der Waals surface area contributed by atoms with Gasteiger partial charge >= 0.3 is 0 Å². The first-order valence-corrected chi connectivity index (χ1v) is 7.80. The Balaban J connectivity index is 1.90. The number of aromatic nitrogens is 2. The molecule has 0 atom stereocenters. The summed E-state index contributed by atoms with van der Waals surface area (Å²) in [7, 11) is -3.75. The van der Waals surface area contributed by atoms with Gasteiger partial charge in [0.2, 0.25) is 10.0 Å². The van der Waals surface area contributed by atoms with Gasteiger partial charge in [0.15, 0.2) is 0 Å². The highest BCUT2D eigenvalue weighted by atomic mass is 35.5. The zero-order valence-electron chi connectivity index (χ0n) is 10.6. The van der Waals surface area contributed by atoms with Crippen molar-refractivity contribution in [2.24, 2.45) is 5.14 Å². The van der Waals surface area contributed by atoms with Gasteiger partial charge in [0.05, 0.1) is 22.9 Å². The van der Waals surface area contributed by atoms with Gasteiger partial charge < -0.3 is 9.30 Å². The number of benzene rings is 1. The van der Waals surface area contributed by atoms with Crippen LogP contribution in [0.4, 0.5) is 0 Å². The Morgan fingerprint density at radius 2 is 2.20 bits per heavy atom. The summed E-state index contributed by atoms with van der Waals surface area (Å²) in [4.78, 5) is 3.90. The molecule has 6 nitrogen and oxygen atoms in total. The van der Waals surface area contributed by atoms with Crippen LogP contribution in [-0.2, 0) is 16.6 Å². The molecule has 0 unspecified atom stereocenters. The number of hydrogen-bond acceptors (Lipinski definition) is 4. The van der Waals surface area contributed by atoms with Crippen LogP contribution in [0.25, 0.3) is 0 Å². The predicted octanol–water partition coefficient (Wildman–Crippen LogP) is 1.65. The average molecular weight is 316 g/mol. The molecule has 0 amide bonds. The molecule has 2 N–H and O–H groups in total. The molecule has 0 aliphatic heterocycles. The number of sulfonamides is 1. The van der Waals surface area contributed by atoms with Crippen LogP contribution in [0.15, 0.2) is 41.8 Å².